The first-order valence-corrected chi connectivity index (χ1v) is 7.00. The van der Waals surface area contributed by atoms with Crippen LogP contribution in [0.5, 0.6) is 11.5 Å². The molecule has 4 heteroatoms. The Morgan fingerprint density at radius 2 is 1.80 bits per heavy atom. The fourth-order valence-corrected chi connectivity index (χ4v) is 3.05. The average Bonchev–Trinajstić information content (AvgIpc) is 2.66. The fourth-order valence-electron chi connectivity index (χ4n) is 3.05. The van der Waals surface area contributed by atoms with Gasteiger partial charge < -0.3 is 14.8 Å². The van der Waals surface area contributed by atoms with E-state index in [1.165, 1.54) is 5.56 Å². The third kappa shape index (κ3) is 2.05. The highest BCUT2D eigenvalue weighted by Gasteiger charge is 2.26. The molecule has 1 N–H and O–H groups in total. The maximum atomic E-state index is 12.1. The van der Waals surface area contributed by atoms with Crippen molar-refractivity contribution in [3.63, 3.8) is 0 Å². The smallest absolute Gasteiger partial charge is 0.178 e. The summed E-state index contributed by atoms with van der Waals surface area (Å²) >= 11 is 0. The van der Waals surface area contributed by atoms with Gasteiger partial charge in [-0.1, -0.05) is 0 Å². The van der Waals surface area contributed by atoms with Gasteiger partial charge >= 0.3 is 0 Å². The number of ether oxygens (including phenoxy) is 2. The standard InChI is InChI=1S/C16H19NO3/c1-19-14-8-10-6-7-17-16-11(4-3-5-13(16)18)12(10)9-15(14)20-2/h8-9,17H,3-7H2,1-2H3. The van der Waals surface area contributed by atoms with Crippen molar-refractivity contribution in [1.29, 1.82) is 0 Å². The second kappa shape index (κ2) is 5.19. The molecule has 1 aromatic rings. The Bertz CT molecular complexity index is 590. The predicted molar refractivity (Wildman–Crippen MR) is 77.0 cm³/mol. The van der Waals surface area contributed by atoms with Crippen LogP contribution < -0.4 is 14.8 Å². The van der Waals surface area contributed by atoms with Crippen molar-refractivity contribution < 1.29 is 14.3 Å². The van der Waals surface area contributed by atoms with Crippen molar-refractivity contribution in [2.45, 2.75) is 25.7 Å². The Morgan fingerprint density at radius 1 is 1.05 bits per heavy atom. The van der Waals surface area contributed by atoms with Crippen LogP contribution in [0.4, 0.5) is 0 Å². The molecule has 1 heterocycles. The molecule has 0 amide bonds. The van der Waals surface area contributed by atoms with E-state index in [0.29, 0.717) is 6.42 Å². The number of rotatable bonds is 2. The van der Waals surface area contributed by atoms with Crippen LogP contribution in [0.1, 0.15) is 30.4 Å². The van der Waals surface area contributed by atoms with Crippen molar-refractivity contribution in [2.24, 2.45) is 0 Å². The van der Waals surface area contributed by atoms with Gasteiger partial charge in [0.1, 0.15) is 0 Å². The van der Waals surface area contributed by atoms with Crippen LogP contribution in [0, 0.1) is 0 Å². The number of benzene rings is 1. The lowest BCUT2D eigenvalue weighted by molar-refractivity contribution is -0.116. The van der Waals surface area contributed by atoms with E-state index in [2.05, 4.69) is 5.32 Å². The van der Waals surface area contributed by atoms with Gasteiger partial charge in [-0.05, 0) is 48.1 Å². The van der Waals surface area contributed by atoms with Crippen molar-refractivity contribution >= 4 is 11.4 Å². The minimum atomic E-state index is 0.230. The van der Waals surface area contributed by atoms with Crippen molar-refractivity contribution in [2.75, 3.05) is 20.8 Å². The largest absolute Gasteiger partial charge is 0.493 e. The van der Waals surface area contributed by atoms with Crippen LogP contribution in [-0.4, -0.2) is 26.5 Å². The number of methoxy groups -OCH3 is 2. The summed E-state index contributed by atoms with van der Waals surface area (Å²) in [7, 11) is 3.29. The van der Waals surface area contributed by atoms with E-state index in [1.54, 1.807) is 14.2 Å². The first-order valence-electron chi connectivity index (χ1n) is 7.00. The summed E-state index contributed by atoms with van der Waals surface area (Å²) in [6, 6.07) is 4.04. The summed E-state index contributed by atoms with van der Waals surface area (Å²) in [6.45, 7) is 0.785. The molecule has 20 heavy (non-hydrogen) atoms. The van der Waals surface area contributed by atoms with Gasteiger partial charge in [0.2, 0.25) is 0 Å². The molecule has 1 aliphatic heterocycles. The van der Waals surface area contributed by atoms with E-state index in [-0.39, 0.29) is 5.78 Å². The van der Waals surface area contributed by atoms with E-state index in [0.717, 1.165) is 54.1 Å². The molecule has 1 aliphatic carbocycles. The van der Waals surface area contributed by atoms with Gasteiger partial charge in [0.15, 0.2) is 17.3 Å². The number of carbonyl (C=O) groups excluding carboxylic acids is 1. The molecule has 106 valence electrons. The lowest BCUT2D eigenvalue weighted by atomic mass is 9.88. The van der Waals surface area contributed by atoms with Gasteiger partial charge in [0.05, 0.1) is 19.9 Å². The van der Waals surface area contributed by atoms with Crippen molar-refractivity contribution in [3.8, 4) is 11.5 Å². The molecule has 0 saturated carbocycles. The number of nitrogens with one attached hydrogen (secondary N) is 1. The highest BCUT2D eigenvalue weighted by atomic mass is 16.5. The van der Waals surface area contributed by atoms with E-state index >= 15 is 0 Å². The van der Waals surface area contributed by atoms with Gasteiger partial charge in [-0.25, -0.2) is 0 Å². The SMILES string of the molecule is COc1cc2c(cc1OC)C1=C(NCC2)C(=O)CCC1. The Labute approximate surface area is 118 Å². The van der Waals surface area contributed by atoms with Gasteiger partial charge in [0.25, 0.3) is 0 Å². The summed E-state index contributed by atoms with van der Waals surface area (Å²) in [5, 5.41) is 3.30. The number of allylic oxidation sites excluding steroid dienone is 2. The van der Waals surface area contributed by atoms with Gasteiger partial charge in [0, 0.05) is 13.0 Å². The molecule has 0 unspecified atom stereocenters. The van der Waals surface area contributed by atoms with Crippen LogP contribution in [0.15, 0.2) is 17.8 Å². The summed E-state index contributed by atoms with van der Waals surface area (Å²) in [6.07, 6.45) is 3.40. The number of fused-ring (bicyclic) bond motifs is 2. The third-order valence-electron chi connectivity index (χ3n) is 4.04. The lowest BCUT2D eigenvalue weighted by Crippen LogP contribution is -2.24. The zero-order valence-corrected chi connectivity index (χ0v) is 11.9. The summed E-state index contributed by atoms with van der Waals surface area (Å²) in [4.78, 5) is 12.1. The average molecular weight is 273 g/mol. The molecule has 0 fully saturated rings. The van der Waals surface area contributed by atoms with Crippen LogP contribution in [0.25, 0.3) is 5.57 Å². The highest BCUT2D eigenvalue weighted by Crippen LogP contribution is 2.39. The molecule has 0 spiro atoms. The number of ketones is 1. The molecular formula is C16H19NO3. The van der Waals surface area contributed by atoms with Crippen LogP contribution in [0.2, 0.25) is 0 Å². The number of hydrogen-bond donors (Lipinski definition) is 1. The minimum Gasteiger partial charge on any atom is -0.493 e. The second-order valence-electron chi connectivity index (χ2n) is 5.17. The predicted octanol–water partition coefficient (Wildman–Crippen LogP) is 2.31. The molecule has 4 nitrogen and oxygen atoms in total. The maximum Gasteiger partial charge on any atom is 0.178 e. The number of hydrogen-bond acceptors (Lipinski definition) is 4. The third-order valence-corrected chi connectivity index (χ3v) is 4.04. The molecule has 0 saturated heterocycles. The van der Waals surface area contributed by atoms with Crippen molar-refractivity contribution in [1.82, 2.24) is 5.32 Å². The Morgan fingerprint density at radius 3 is 2.55 bits per heavy atom. The van der Waals surface area contributed by atoms with E-state index in [1.807, 2.05) is 12.1 Å². The van der Waals surface area contributed by atoms with Crippen molar-refractivity contribution in [3.05, 3.63) is 29.0 Å². The zero-order valence-electron chi connectivity index (χ0n) is 11.9. The fraction of sp³-hybridized carbons (Fsp3) is 0.438. The Kier molecular flexibility index (Phi) is 3.38. The molecular weight excluding hydrogens is 254 g/mol. The Hall–Kier alpha value is -1.97. The molecule has 3 rings (SSSR count). The second-order valence-corrected chi connectivity index (χ2v) is 5.17. The summed E-state index contributed by atoms with van der Waals surface area (Å²) in [5.74, 6) is 1.70. The minimum absolute atomic E-state index is 0.230. The normalized spacial score (nSPS) is 17.8. The molecule has 0 aromatic heterocycles. The van der Waals surface area contributed by atoms with E-state index in [9.17, 15) is 4.79 Å². The monoisotopic (exact) mass is 273 g/mol. The van der Waals surface area contributed by atoms with Crippen LogP contribution >= 0.6 is 0 Å². The molecule has 2 aliphatic rings. The molecule has 1 aromatic carbocycles. The summed E-state index contributed by atoms with van der Waals surface area (Å²) in [5.41, 5.74) is 4.29. The topological polar surface area (TPSA) is 47.6 Å². The first kappa shape index (κ1) is 13.0. The highest BCUT2D eigenvalue weighted by molar-refractivity contribution is 6.04. The first-order chi connectivity index (χ1) is 9.74. The van der Waals surface area contributed by atoms with Gasteiger partial charge in [-0.2, -0.15) is 0 Å². The quantitative estimate of drug-likeness (QED) is 0.898. The summed E-state index contributed by atoms with van der Waals surface area (Å²) < 4.78 is 10.8. The van der Waals surface area contributed by atoms with Crippen LogP contribution in [0.3, 0.4) is 0 Å². The number of carbonyl (C=O) groups is 1. The van der Waals surface area contributed by atoms with E-state index < -0.39 is 0 Å². The lowest BCUT2D eigenvalue weighted by Gasteiger charge is -2.20. The Balaban J connectivity index is 2.18. The molecule has 0 atom stereocenters. The van der Waals surface area contributed by atoms with Gasteiger partial charge in [-0.15, -0.1) is 0 Å². The van der Waals surface area contributed by atoms with Gasteiger partial charge in [-0.3, -0.25) is 4.79 Å². The number of Topliss-reactive ketones (excluding diaryl/α,β-unsaturated/α-hetero) is 1. The maximum absolute atomic E-state index is 12.1. The zero-order chi connectivity index (χ0) is 14.1. The van der Waals surface area contributed by atoms with Crippen LogP contribution in [-0.2, 0) is 11.2 Å². The molecule has 0 radical (unpaired) electrons. The van der Waals surface area contributed by atoms with E-state index in [4.69, 9.17) is 9.47 Å². The molecule has 0 bridgehead atoms.